The third-order valence-corrected chi connectivity index (χ3v) is 6.43. The largest absolute Gasteiger partial charge is 0.368 e. The molecule has 9 heteroatoms. The summed E-state index contributed by atoms with van der Waals surface area (Å²) >= 11 is 1.33. The lowest BCUT2D eigenvalue weighted by Gasteiger charge is -2.36. The van der Waals surface area contributed by atoms with E-state index in [2.05, 4.69) is 20.5 Å². The van der Waals surface area contributed by atoms with Crippen LogP contribution >= 0.6 is 11.3 Å². The molecule has 0 bridgehead atoms. The average molecular weight is 432 g/mol. The topological polar surface area (TPSA) is 77.6 Å². The number of nitrogens with zero attached hydrogens (tertiary/aromatic N) is 3. The lowest BCUT2D eigenvalue weighted by atomic mass is 10.2. The maximum absolute atomic E-state index is 13.1. The van der Waals surface area contributed by atoms with Gasteiger partial charge < -0.3 is 15.1 Å². The molecule has 3 amide bonds. The van der Waals surface area contributed by atoms with Crippen molar-refractivity contribution in [3.63, 3.8) is 0 Å². The van der Waals surface area contributed by atoms with Crippen LogP contribution in [0.2, 0.25) is 0 Å². The van der Waals surface area contributed by atoms with Crippen LogP contribution in [0.3, 0.4) is 0 Å². The zero-order valence-corrected chi connectivity index (χ0v) is 17.6. The molecule has 2 aromatic rings. The van der Waals surface area contributed by atoms with Crippen molar-refractivity contribution >= 4 is 34.1 Å². The molecule has 1 aliphatic heterocycles. The number of hydrogen-bond donors (Lipinski definition) is 2. The van der Waals surface area contributed by atoms with E-state index in [-0.39, 0.29) is 30.2 Å². The van der Waals surface area contributed by atoms with Crippen molar-refractivity contribution in [1.82, 2.24) is 15.2 Å². The number of halogens is 1. The quantitative estimate of drug-likeness (QED) is 0.762. The molecule has 30 heavy (non-hydrogen) atoms. The van der Waals surface area contributed by atoms with E-state index < -0.39 is 0 Å². The number of anilines is 2. The molecule has 1 aliphatic carbocycles. The number of rotatable bonds is 5. The highest BCUT2D eigenvalue weighted by Crippen LogP contribution is 2.20. The number of benzene rings is 1. The standard InChI is InChI=1S/C21H26FN5O2S/c22-15-5-7-18(8-6-15)26-9-11-27(12-10-26)19(28)13-17-14-30-21(24-17)25-20(29)23-16-3-1-2-4-16/h5-8,14,16H,1-4,9-13H2,(H2,23,24,25,29). The lowest BCUT2D eigenvalue weighted by molar-refractivity contribution is -0.130. The second-order valence-electron chi connectivity index (χ2n) is 7.74. The Balaban J connectivity index is 1.23. The van der Waals surface area contributed by atoms with E-state index >= 15 is 0 Å². The molecule has 4 rings (SSSR count). The summed E-state index contributed by atoms with van der Waals surface area (Å²) in [7, 11) is 0. The zero-order chi connectivity index (χ0) is 20.9. The molecule has 0 spiro atoms. The highest BCUT2D eigenvalue weighted by Gasteiger charge is 2.22. The molecule has 2 aliphatic rings. The number of nitrogens with one attached hydrogen (secondary N) is 2. The van der Waals surface area contributed by atoms with E-state index in [0.29, 0.717) is 37.0 Å². The van der Waals surface area contributed by atoms with E-state index in [0.717, 1.165) is 31.4 Å². The number of piperazine rings is 1. The summed E-state index contributed by atoms with van der Waals surface area (Å²) in [5.41, 5.74) is 1.64. The van der Waals surface area contributed by atoms with E-state index in [9.17, 15) is 14.0 Å². The summed E-state index contributed by atoms with van der Waals surface area (Å²) in [5, 5.41) is 8.06. The second-order valence-corrected chi connectivity index (χ2v) is 8.60. The molecule has 1 saturated heterocycles. The molecule has 0 radical (unpaired) electrons. The summed E-state index contributed by atoms with van der Waals surface area (Å²) in [4.78, 5) is 33.1. The van der Waals surface area contributed by atoms with Crippen molar-refractivity contribution in [2.75, 3.05) is 36.4 Å². The van der Waals surface area contributed by atoms with Gasteiger partial charge in [-0.05, 0) is 37.1 Å². The Hall–Kier alpha value is -2.68. The van der Waals surface area contributed by atoms with E-state index in [4.69, 9.17) is 0 Å². The lowest BCUT2D eigenvalue weighted by Crippen LogP contribution is -2.49. The molecule has 1 saturated carbocycles. The molecular formula is C21H26FN5O2S. The van der Waals surface area contributed by atoms with Crippen LogP contribution in [0.1, 0.15) is 31.4 Å². The fraction of sp³-hybridized carbons (Fsp3) is 0.476. The highest BCUT2D eigenvalue weighted by molar-refractivity contribution is 7.13. The predicted octanol–water partition coefficient (Wildman–Crippen LogP) is 3.24. The number of hydrogen-bond acceptors (Lipinski definition) is 5. The summed E-state index contributed by atoms with van der Waals surface area (Å²) < 4.78 is 13.1. The van der Waals surface area contributed by atoms with Crippen LogP contribution in [0, 0.1) is 5.82 Å². The highest BCUT2D eigenvalue weighted by atomic mass is 32.1. The fourth-order valence-corrected chi connectivity index (χ4v) is 4.67. The van der Waals surface area contributed by atoms with Crippen molar-refractivity contribution in [3.05, 3.63) is 41.2 Å². The molecule has 2 fully saturated rings. The average Bonchev–Trinajstić information content (AvgIpc) is 3.41. The minimum atomic E-state index is -0.249. The van der Waals surface area contributed by atoms with Gasteiger partial charge in [0.25, 0.3) is 0 Å². The van der Waals surface area contributed by atoms with Crippen LogP contribution in [0.4, 0.5) is 20.0 Å². The van der Waals surface area contributed by atoms with Gasteiger partial charge in [0.05, 0.1) is 12.1 Å². The minimum Gasteiger partial charge on any atom is -0.368 e. The third-order valence-electron chi connectivity index (χ3n) is 5.62. The summed E-state index contributed by atoms with van der Waals surface area (Å²) in [6.07, 6.45) is 4.59. The molecule has 160 valence electrons. The molecule has 0 unspecified atom stereocenters. The molecule has 7 nitrogen and oxygen atoms in total. The van der Waals surface area contributed by atoms with Crippen molar-refractivity contribution in [1.29, 1.82) is 0 Å². The van der Waals surface area contributed by atoms with Crippen molar-refractivity contribution in [2.24, 2.45) is 0 Å². The first-order valence-corrected chi connectivity index (χ1v) is 11.2. The van der Waals surface area contributed by atoms with Crippen molar-refractivity contribution in [3.8, 4) is 0 Å². The molecule has 0 atom stereocenters. The number of amides is 3. The van der Waals surface area contributed by atoms with Crippen molar-refractivity contribution < 1.29 is 14.0 Å². The SMILES string of the molecule is O=C(Nc1nc(CC(=O)N2CCN(c3ccc(F)cc3)CC2)cs1)NC1CCCC1. The number of urea groups is 1. The van der Waals surface area contributed by atoms with Gasteiger partial charge in [-0.1, -0.05) is 12.8 Å². The van der Waals surface area contributed by atoms with Gasteiger partial charge in [0.15, 0.2) is 5.13 Å². The van der Waals surface area contributed by atoms with Gasteiger partial charge >= 0.3 is 6.03 Å². The first-order valence-electron chi connectivity index (χ1n) is 10.4. The van der Waals surface area contributed by atoms with Gasteiger partial charge in [0.2, 0.25) is 5.91 Å². The van der Waals surface area contributed by atoms with Gasteiger partial charge in [-0.2, -0.15) is 0 Å². The first-order chi connectivity index (χ1) is 14.6. The Bertz CT molecular complexity index is 874. The number of carbonyl (C=O) groups is 2. The molecule has 2 heterocycles. The molecular weight excluding hydrogens is 405 g/mol. The number of thiazole rings is 1. The van der Waals surface area contributed by atoms with Crippen molar-refractivity contribution in [2.45, 2.75) is 38.1 Å². The van der Waals surface area contributed by atoms with E-state index in [1.165, 1.54) is 23.5 Å². The molecule has 2 N–H and O–H groups in total. The van der Waals surface area contributed by atoms with E-state index in [1.807, 2.05) is 10.3 Å². The monoisotopic (exact) mass is 431 g/mol. The Morgan fingerprint density at radius 2 is 1.80 bits per heavy atom. The Morgan fingerprint density at radius 3 is 2.50 bits per heavy atom. The molecule has 1 aromatic heterocycles. The van der Waals surface area contributed by atoms with Gasteiger partial charge in [0, 0.05) is 43.3 Å². The Morgan fingerprint density at radius 1 is 1.10 bits per heavy atom. The predicted molar refractivity (Wildman–Crippen MR) is 115 cm³/mol. The third kappa shape index (κ3) is 5.27. The van der Waals surface area contributed by atoms with Gasteiger partial charge in [-0.15, -0.1) is 11.3 Å². The van der Waals surface area contributed by atoms with Gasteiger partial charge in [-0.25, -0.2) is 14.2 Å². The smallest absolute Gasteiger partial charge is 0.321 e. The van der Waals surface area contributed by atoms with Crippen LogP contribution < -0.4 is 15.5 Å². The Labute approximate surface area is 179 Å². The summed E-state index contributed by atoms with van der Waals surface area (Å²) in [6.45, 7) is 2.66. The Kier molecular flexibility index (Phi) is 6.47. The van der Waals surface area contributed by atoms with Gasteiger partial charge in [0.1, 0.15) is 5.82 Å². The maximum Gasteiger partial charge on any atom is 0.321 e. The first kappa shape index (κ1) is 20.6. The summed E-state index contributed by atoms with van der Waals surface area (Å²) in [6, 6.07) is 6.45. The van der Waals surface area contributed by atoms with E-state index in [1.54, 1.807) is 12.1 Å². The maximum atomic E-state index is 13.1. The van der Waals surface area contributed by atoms with Crippen LogP contribution in [0.5, 0.6) is 0 Å². The van der Waals surface area contributed by atoms with Crippen LogP contribution in [0.25, 0.3) is 0 Å². The summed E-state index contributed by atoms with van der Waals surface area (Å²) in [5.74, 6) is -0.221. The van der Waals surface area contributed by atoms with Gasteiger partial charge in [-0.3, -0.25) is 10.1 Å². The van der Waals surface area contributed by atoms with Crippen LogP contribution in [-0.4, -0.2) is 54.0 Å². The van der Waals surface area contributed by atoms with Crippen LogP contribution in [0.15, 0.2) is 29.6 Å². The number of carbonyl (C=O) groups excluding carboxylic acids is 2. The normalized spacial score (nSPS) is 17.2. The minimum absolute atomic E-state index is 0.0287. The molecule has 1 aromatic carbocycles. The zero-order valence-electron chi connectivity index (χ0n) is 16.8. The second kappa shape index (κ2) is 9.42. The van der Waals surface area contributed by atoms with Crippen LogP contribution in [-0.2, 0) is 11.2 Å². The fourth-order valence-electron chi connectivity index (χ4n) is 3.97. The number of aromatic nitrogens is 1.